The molecule has 0 spiro atoms. The molecule has 0 saturated carbocycles. The van der Waals surface area contributed by atoms with Crippen molar-refractivity contribution >= 4 is 85.2 Å². The lowest BCUT2D eigenvalue weighted by Crippen LogP contribution is -2.45. The molecule has 3 aromatic rings. The fraction of sp³-hybridized carbons (Fsp3) is 0.226. The van der Waals surface area contributed by atoms with E-state index in [0.717, 1.165) is 17.2 Å². The lowest BCUT2D eigenvalue weighted by molar-refractivity contribution is -0.139. The Bertz CT molecular complexity index is 1650. The highest BCUT2D eigenvalue weighted by Gasteiger charge is 2.32. The smallest absolute Gasteiger partial charge is 0.338 e. The zero-order chi connectivity index (χ0) is 32.5. The number of carbonyl (C=O) groups is 3. The van der Waals surface area contributed by atoms with E-state index in [1.807, 2.05) is 36.4 Å². The van der Waals surface area contributed by atoms with Crippen LogP contribution in [0.4, 0.5) is 4.79 Å². The summed E-state index contributed by atoms with van der Waals surface area (Å²) in [6.45, 7) is 3.54. The fourth-order valence-corrected chi connectivity index (χ4v) is 6.63. The first kappa shape index (κ1) is 34.5. The molecular formula is C31H29BrI2N4O7. The molecule has 0 radical (unpaired) electrons. The SMILES string of the molecule is CCOC(=O)C1=C(C)NC(=O)N[C@@H]1c1ccc(OCC(=O)N/N=C/c2cc(I)cc(I)c2OCc2ccc(Br)cc2)c(OC)c1. The summed E-state index contributed by atoms with van der Waals surface area (Å²) in [5.41, 5.74) is 5.42. The Hall–Kier alpha value is -3.38. The highest BCUT2D eigenvalue weighted by atomic mass is 127. The van der Waals surface area contributed by atoms with Crippen LogP contribution in [-0.2, 0) is 20.9 Å². The molecule has 0 aromatic heterocycles. The molecule has 0 saturated heterocycles. The molecule has 1 atom stereocenters. The van der Waals surface area contributed by atoms with Gasteiger partial charge < -0.3 is 29.6 Å². The molecule has 4 rings (SSSR count). The molecule has 1 aliphatic rings. The summed E-state index contributed by atoms with van der Waals surface area (Å²) in [5, 5.41) is 9.45. The van der Waals surface area contributed by atoms with Crippen molar-refractivity contribution in [1.29, 1.82) is 0 Å². The zero-order valence-corrected chi connectivity index (χ0v) is 30.3. The number of benzene rings is 3. The maximum atomic E-state index is 12.6. The first-order chi connectivity index (χ1) is 21.6. The third-order valence-corrected chi connectivity index (χ3v) is 8.32. The van der Waals surface area contributed by atoms with Crippen LogP contribution in [0.2, 0.25) is 0 Å². The van der Waals surface area contributed by atoms with Gasteiger partial charge in [0.2, 0.25) is 0 Å². The van der Waals surface area contributed by atoms with Crippen molar-refractivity contribution in [2.45, 2.75) is 26.5 Å². The molecule has 3 aromatic carbocycles. The normalized spacial score (nSPS) is 14.4. The van der Waals surface area contributed by atoms with Gasteiger partial charge in [-0.1, -0.05) is 34.1 Å². The van der Waals surface area contributed by atoms with E-state index in [1.165, 1.54) is 13.3 Å². The van der Waals surface area contributed by atoms with Gasteiger partial charge in [0.25, 0.3) is 5.91 Å². The van der Waals surface area contributed by atoms with Gasteiger partial charge >= 0.3 is 12.0 Å². The van der Waals surface area contributed by atoms with Gasteiger partial charge in [0.15, 0.2) is 18.1 Å². The second-order valence-corrected chi connectivity index (χ2v) is 12.8. The Morgan fingerprint density at radius 3 is 2.53 bits per heavy atom. The molecule has 3 amide bonds. The van der Waals surface area contributed by atoms with Crippen LogP contribution in [0.15, 0.2) is 75.4 Å². The first-order valence-electron chi connectivity index (χ1n) is 13.5. The van der Waals surface area contributed by atoms with Gasteiger partial charge in [-0.25, -0.2) is 15.0 Å². The van der Waals surface area contributed by atoms with Gasteiger partial charge in [-0.05, 0) is 107 Å². The number of hydrazone groups is 1. The number of rotatable bonds is 12. The molecule has 11 nitrogen and oxygen atoms in total. The summed E-state index contributed by atoms with van der Waals surface area (Å²) < 4.78 is 25.4. The van der Waals surface area contributed by atoms with Crippen molar-refractivity contribution in [2.24, 2.45) is 5.10 Å². The number of nitrogens with one attached hydrogen (secondary N) is 3. The van der Waals surface area contributed by atoms with E-state index in [4.69, 9.17) is 18.9 Å². The molecule has 0 aliphatic carbocycles. The summed E-state index contributed by atoms with van der Waals surface area (Å²) in [6, 6.07) is 15.4. The number of hydrogen-bond acceptors (Lipinski definition) is 8. The highest BCUT2D eigenvalue weighted by Crippen LogP contribution is 2.35. The first-order valence-corrected chi connectivity index (χ1v) is 16.5. The maximum absolute atomic E-state index is 12.6. The van der Waals surface area contributed by atoms with Crippen LogP contribution >= 0.6 is 61.1 Å². The number of hydrogen-bond donors (Lipinski definition) is 3. The Kier molecular flexibility index (Phi) is 12.5. The Morgan fingerprint density at radius 1 is 1.07 bits per heavy atom. The van der Waals surface area contributed by atoms with Crippen LogP contribution in [-0.4, -0.2) is 44.4 Å². The number of carbonyl (C=O) groups excluding carboxylic acids is 3. The van der Waals surface area contributed by atoms with Crippen molar-refractivity contribution in [2.75, 3.05) is 20.3 Å². The number of methoxy groups -OCH3 is 1. The number of ether oxygens (including phenoxy) is 4. The molecule has 45 heavy (non-hydrogen) atoms. The van der Waals surface area contributed by atoms with E-state index in [0.29, 0.717) is 34.9 Å². The molecule has 1 heterocycles. The highest BCUT2D eigenvalue weighted by molar-refractivity contribution is 14.1. The van der Waals surface area contributed by atoms with E-state index in [2.05, 4.69) is 82.3 Å². The van der Waals surface area contributed by atoms with E-state index < -0.39 is 23.9 Å². The molecule has 14 heteroatoms. The van der Waals surface area contributed by atoms with Crippen molar-refractivity contribution < 1.29 is 33.3 Å². The van der Waals surface area contributed by atoms with Crippen LogP contribution in [0.5, 0.6) is 17.2 Å². The molecule has 0 bridgehead atoms. The minimum absolute atomic E-state index is 0.185. The van der Waals surface area contributed by atoms with Crippen LogP contribution in [0.3, 0.4) is 0 Å². The van der Waals surface area contributed by atoms with Crippen LogP contribution in [0, 0.1) is 7.14 Å². The van der Waals surface area contributed by atoms with Gasteiger partial charge in [0.1, 0.15) is 12.4 Å². The minimum atomic E-state index is -0.772. The number of halogens is 3. The number of nitrogens with zero attached hydrogens (tertiary/aromatic N) is 1. The number of esters is 1. The molecule has 0 unspecified atom stereocenters. The summed E-state index contributed by atoms with van der Waals surface area (Å²) in [5.74, 6) is 0.198. The summed E-state index contributed by atoms with van der Waals surface area (Å²) in [7, 11) is 1.45. The Balaban J connectivity index is 1.41. The van der Waals surface area contributed by atoms with Crippen molar-refractivity contribution in [1.82, 2.24) is 16.1 Å². The minimum Gasteiger partial charge on any atom is -0.493 e. The Labute approximate surface area is 295 Å². The lowest BCUT2D eigenvalue weighted by Gasteiger charge is -2.28. The second-order valence-electron chi connectivity index (χ2n) is 9.50. The molecule has 0 fully saturated rings. The van der Waals surface area contributed by atoms with E-state index in [9.17, 15) is 14.4 Å². The van der Waals surface area contributed by atoms with Crippen molar-refractivity contribution in [3.8, 4) is 17.2 Å². The summed E-state index contributed by atoms with van der Waals surface area (Å²) >= 11 is 7.86. The van der Waals surface area contributed by atoms with Gasteiger partial charge in [0, 0.05) is 19.3 Å². The largest absolute Gasteiger partial charge is 0.493 e. The Morgan fingerprint density at radius 2 is 1.82 bits per heavy atom. The number of urea groups is 1. The predicted molar refractivity (Wildman–Crippen MR) is 188 cm³/mol. The van der Waals surface area contributed by atoms with Crippen LogP contribution in [0.25, 0.3) is 0 Å². The molecule has 236 valence electrons. The number of amides is 3. The van der Waals surface area contributed by atoms with Crippen molar-refractivity contribution in [3.63, 3.8) is 0 Å². The molecular weight excluding hydrogens is 874 g/mol. The van der Waals surface area contributed by atoms with Gasteiger partial charge in [-0.15, -0.1) is 0 Å². The van der Waals surface area contributed by atoms with Gasteiger partial charge in [-0.2, -0.15) is 5.10 Å². The average molecular weight is 903 g/mol. The zero-order valence-electron chi connectivity index (χ0n) is 24.4. The summed E-state index contributed by atoms with van der Waals surface area (Å²) in [4.78, 5) is 37.4. The monoisotopic (exact) mass is 902 g/mol. The molecule has 1 aliphatic heterocycles. The fourth-order valence-electron chi connectivity index (χ4n) is 4.32. The van der Waals surface area contributed by atoms with Gasteiger partial charge in [0.05, 0.1) is 35.1 Å². The topological polar surface area (TPSA) is 137 Å². The van der Waals surface area contributed by atoms with E-state index in [1.54, 1.807) is 32.0 Å². The van der Waals surface area contributed by atoms with E-state index in [-0.39, 0.29) is 24.5 Å². The average Bonchev–Trinajstić information content (AvgIpc) is 3.00. The van der Waals surface area contributed by atoms with E-state index >= 15 is 0 Å². The second kappa shape index (κ2) is 16.3. The number of allylic oxidation sites excluding steroid dienone is 1. The van der Waals surface area contributed by atoms with Gasteiger partial charge in [-0.3, -0.25) is 4.79 Å². The van der Waals surface area contributed by atoms with Crippen LogP contribution < -0.4 is 30.3 Å². The van der Waals surface area contributed by atoms with Crippen LogP contribution in [0.1, 0.15) is 36.6 Å². The van der Waals surface area contributed by atoms with Crippen molar-refractivity contribution in [3.05, 3.63) is 94.2 Å². The lowest BCUT2D eigenvalue weighted by atomic mass is 9.95. The quantitative estimate of drug-likeness (QED) is 0.0884. The molecule has 3 N–H and O–H groups in total. The predicted octanol–water partition coefficient (Wildman–Crippen LogP) is 5.97. The summed E-state index contributed by atoms with van der Waals surface area (Å²) in [6.07, 6.45) is 1.53. The standard InChI is InChI=1S/C31H29BrI2N4O7/c1-4-43-30(40)27-17(2)36-31(41)37-28(27)19-7-10-24(25(12-19)42-3)44-16-26(39)38-35-14-20-11-22(33)13-23(34)29(20)45-15-18-5-8-21(32)9-6-18/h5-14,28H,4,15-16H2,1-3H3,(H,38,39)(H2,36,37,41)/b35-14+/t28-/m1/s1. The maximum Gasteiger partial charge on any atom is 0.338 e. The third kappa shape index (κ3) is 9.32. The third-order valence-electron chi connectivity index (χ3n) is 6.37.